The van der Waals surface area contributed by atoms with Crippen molar-refractivity contribution in [3.63, 3.8) is 0 Å². The van der Waals surface area contributed by atoms with Crippen molar-refractivity contribution in [2.24, 2.45) is 0 Å². The Morgan fingerprint density at radius 1 is 1.36 bits per heavy atom. The molecule has 1 rings (SSSR count). The highest BCUT2D eigenvalue weighted by Gasteiger charge is 1.87. The lowest BCUT2D eigenvalue weighted by atomic mass is 10.2. The van der Waals surface area contributed by atoms with Crippen molar-refractivity contribution in [1.82, 2.24) is 0 Å². The molecule has 0 saturated heterocycles. The molecule has 3 nitrogen and oxygen atoms in total. The van der Waals surface area contributed by atoms with Crippen LogP contribution in [0.5, 0.6) is 5.75 Å². The highest BCUT2D eigenvalue weighted by molar-refractivity contribution is 5.52. The molecule has 0 aromatic heterocycles. The van der Waals surface area contributed by atoms with Crippen LogP contribution in [0.4, 0.5) is 0 Å². The van der Waals surface area contributed by atoms with Crippen LogP contribution in [0.3, 0.4) is 0 Å². The minimum atomic E-state index is -0.0000815. The van der Waals surface area contributed by atoms with Crippen molar-refractivity contribution >= 4 is 12.4 Å². The molecule has 1 aromatic rings. The fraction of sp³-hybridized carbons (Fsp3) is 0.182. The number of aromatic hydroxyl groups is 1. The molecule has 0 aliphatic heterocycles. The Bertz CT molecular complexity index is 301. The Morgan fingerprint density at radius 3 is 2.71 bits per heavy atom. The Labute approximate surface area is 82.6 Å². The molecule has 0 saturated carbocycles. The lowest BCUT2D eigenvalue weighted by Crippen LogP contribution is -1.93. The maximum Gasteiger partial charge on any atom is 0.226 e. The standard InChI is InChI=1S/C11H11O3/c12-7-9-14-8-1-2-10-3-5-11(13)6-4-10/h1-6,13H,8-9H2. The number of ether oxygens (including phenoxy) is 1. The maximum atomic E-state index is 9.77. The van der Waals surface area contributed by atoms with E-state index in [9.17, 15) is 4.79 Å². The van der Waals surface area contributed by atoms with Gasteiger partial charge in [0, 0.05) is 0 Å². The fourth-order valence-electron chi connectivity index (χ4n) is 0.938. The van der Waals surface area contributed by atoms with E-state index in [0.29, 0.717) is 6.61 Å². The van der Waals surface area contributed by atoms with E-state index in [2.05, 4.69) is 0 Å². The summed E-state index contributed by atoms with van der Waals surface area (Å²) in [6, 6.07) is 6.80. The number of phenols is 1. The second kappa shape index (κ2) is 5.94. The summed E-state index contributed by atoms with van der Waals surface area (Å²) in [6.45, 7) is 0.385. The molecular weight excluding hydrogens is 180 g/mol. The number of phenolic OH excluding ortho intramolecular Hbond substituents is 1. The van der Waals surface area contributed by atoms with Crippen LogP contribution >= 0.6 is 0 Å². The molecule has 0 heterocycles. The number of rotatable bonds is 5. The number of benzene rings is 1. The Hall–Kier alpha value is -1.61. The molecule has 1 N–H and O–H groups in total. The second-order valence-electron chi connectivity index (χ2n) is 2.65. The van der Waals surface area contributed by atoms with Gasteiger partial charge < -0.3 is 9.84 Å². The lowest BCUT2D eigenvalue weighted by molar-refractivity contribution is 0.201. The minimum Gasteiger partial charge on any atom is -0.508 e. The first-order valence-corrected chi connectivity index (χ1v) is 4.21. The largest absolute Gasteiger partial charge is 0.508 e. The predicted octanol–water partition coefficient (Wildman–Crippen LogP) is 1.53. The highest BCUT2D eigenvalue weighted by atomic mass is 16.5. The van der Waals surface area contributed by atoms with Crippen LogP contribution in [-0.4, -0.2) is 24.6 Å². The summed E-state index contributed by atoms with van der Waals surface area (Å²) in [5, 5.41) is 9.01. The molecule has 0 amide bonds. The van der Waals surface area contributed by atoms with Crippen molar-refractivity contribution < 1.29 is 14.6 Å². The average Bonchev–Trinajstić information content (AvgIpc) is 2.21. The van der Waals surface area contributed by atoms with Crippen LogP contribution in [0.1, 0.15) is 5.56 Å². The maximum absolute atomic E-state index is 9.77. The molecule has 0 fully saturated rings. The summed E-state index contributed by atoms with van der Waals surface area (Å²) >= 11 is 0. The van der Waals surface area contributed by atoms with Crippen molar-refractivity contribution in [2.75, 3.05) is 13.2 Å². The van der Waals surface area contributed by atoms with E-state index in [1.807, 2.05) is 6.08 Å². The van der Waals surface area contributed by atoms with Crippen molar-refractivity contribution in [2.45, 2.75) is 0 Å². The van der Waals surface area contributed by atoms with Crippen LogP contribution in [0.15, 0.2) is 30.3 Å². The fourth-order valence-corrected chi connectivity index (χ4v) is 0.938. The molecule has 0 aliphatic rings. The molecule has 0 aliphatic carbocycles. The topological polar surface area (TPSA) is 46.5 Å². The van der Waals surface area contributed by atoms with E-state index >= 15 is 0 Å². The third-order valence-corrected chi connectivity index (χ3v) is 1.58. The van der Waals surface area contributed by atoms with E-state index in [1.165, 1.54) is 0 Å². The van der Waals surface area contributed by atoms with Gasteiger partial charge in [-0.15, -0.1) is 0 Å². The summed E-state index contributed by atoms with van der Waals surface area (Å²) in [7, 11) is 0. The van der Waals surface area contributed by atoms with E-state index in [0.717, 1.165) is 5.56 Å². The lowest BCUT2D eigenvalue weighted by Gasteiger charge is -1.94. The summed E-state index contributed by atoms with van der Waals surface area (Å²) in [6.07, 6.45) is 5.28. The zero-order chi connectivity index (χ0) is 10.2. The quantitative estimate of drug-likeness (QED) is 0.718. The number of carbonyl (C=O) groups excluding carboxylic acids is 1. The normalized spacial score (nSPS) is 10.6. The van der Waals surface area contributed by atoms with Crippen LogP contribution in [0.25, 0.3) is 6.08 Å². The number of hydrogen-bond donors (Lipinski definition) is 1. The SMILES string of the molecule is O=[C]COCC=Cc1ccc(O)cc1. The van der Waals surface area contributed by atoms with Gasteiger partial charge in [0.1, 0.15) is 12.4 Å². The van der Waals surface area contributed by atoms with Gasteiger partial charge in [-0.3, -0.25) is 4.79 Å². The Kier molecular flexibility index (Phi) is 4.44. The van der Waals surface area contributed by atoms with Crippen LogP contribution in [0, 0.1) is 0 Å². The predicted molar refractivity (Wildman–Crippen MR) is 53.7 cm³/mol. The minimum absolute atomic E-state index is 0.0000815. The summed E-state index contributed by atoms with van der Waals surface area (Å²) in [4.78, 5) is 9.77. The van der Waals surface area contributed by atoms with Gasteiger partial charge in [-0.2, -0.15) is 0 Å². The molecule has 0 atom stereocenters. The van der Waals surface area contributed by atoms with Gasteiger partial charge in [-0.25, -0.2) is 0 Å². The zero-order valence-corrected chi connectivity index (χ0v) is 7.64. The molecule has 3 heteroatoms. The third kappa shape index (κ3) is 3.87. The first-order valence-electron chi connectivity index (χ1n) is 4.21. The van der Waals surface area contributed by atoms with Crippen LogP contribution in [0.2, 0.25) is 0 Å². The first kappa shape index (κ1) is 10.5. The molecule has 1 aromatic carbocycles. The van der Waals surface area contributed by atoms with E-state index in [1.54, 1.807) is 36.6 Å². The van der Waals surface area contributed by atoms with Gasteiger partial charge in [-0.1, -0.05) is 24.3 Å². The van der Waals surface area contributed by atoms with Gasteiger partial charge >= 0.3 is 0 Å². The molecule has 73 valence electrons. The average molecular weight is 191 g/mol. The van der Waals surface area contributed by atoms with Gasteiger partial charge in [0.15, 0.2) is 0 Å². The molecular formula is C11H11O3. The van der Waals surface area contributed by atoms with E-state index in [-0.39, 0.29) is 12.4 Å². The van der Waals surface area contributed by atoms with Crippen molar-refractivity contribution in [3.8, 4) is 5.75 Å². The Balaban J connectivity index is 2.36. The van der Waals surface area contributed by atoms with Crippen molar-refractivity contribution in [1.29, 1.82) is 0 Å². The smallest absolute Gasteiger partial charge is 0.226 e. The summed E-state index contributed by atoms with van der Waals surface area (Å²) in [5.74, 6) is 0.244. The second-order valence-corrected chi connectivity index (χ2v) is 2.65. The monoisotopic (exact) mass is 191 g/mol. The van der Waals surface area contributed by atoms with Gasteiger partial charge in [-0.05, 0) is 17.7 Å². The highest BCUT2D eigenvalue weighted by Crippen LogP contribution is 2.10. The Morgan fingerprint density at radius 2 is 2.07 bits per heavy atom. The van der Waals surface area contributed by atoms with Crippen LogP contribution < -0.4 is 0 Å². The first-order chi connectivity index (χ1) is 6.83. The van der Waals surface area contributed by atoms with E-state index < -0.39 is 0 Å². The van der Waals surface area contributed by atoms with Crippen molar-refractivity contribution in [3.05, 3.63) is 35.9 Å². The van der Waals surface area contributed by atoms with Gasteiger partial charge in [0.2, 0.25) is 6.29 Å². The molecule has 0 bridgehead atoms. The summed E-state index contributed by atoms with van der Waals surface area (Å²) < 4.78 is 4.87. The zero-order valence-electron chi connectivity index (χ0n) is 7.64. The number of hydrogen-bond acceptors (Lipinski definition) is 3. The van der Waals surface area contributed by atoms with Crippen LogP contribution in [-0.2, 0) is 9.53 Å². The molecule has 1 radical (unpaired) electrons. The third-order valence-electron chi connectivity index (χ3n) is 1.58. The summed E-state index contributed by atoms with van der Waals surface area (Å²) in [5.41, 5.74) is 0.974. The molecule has 0 unspecified atom stereocenters. The molecule has 0 spiro atoms. The van der Waals surface area contributed by atoms with E-state index in [4.69, 9.17) is 9.84 Å². The van der Waals surface area contributed by atoms with Gasteiger partial charge in [0.25, 0.3) is 0 Å². The van der Waals surface area contributed by atoms with Gasteiger partial charge in [0.05, 0.1) is 6.61 Å². The molecule has 14 heavy (non-hydrogen) atoms.